The molecule has 0 unspecified atom stereocenters. The first-order chi connectivity index (χ1) is 5.77. The zero-order valence-corrected chi connectivity index (χ0v) is 9.59. The third-order valence-electron chi connectivity index (χ3n) is 1.57. The number of aromatic nitrogens is 1. The fraction of sp³-hybridized carbons (Fsp3) is 0.125. The molecule has 2 heterocycles. The van der Waals surface area contributed by atoms with Crippen LogP contribution in [-0.4, -0.2) is 4.98 Å². The van der Waals surface area contributed by atoms with Gasteiger partial charge in [-0.15, -0.1) is 22.7 Å². The molecule has 0 N–H and O–H groups in total. The molecule has 0 aliphatic heterocycles. The van der Waals surface area contributed by atoms with Crippen molar-refractivity contribution < 1.29 is 0 Å². The van der Waals surface area contributed by atoms with Crippen molar-refractivity contribution in [2.45, 2.75) is 6.92 Å². The molecule has 0 fully saturated rings. The monoisotopic (exact) mass is 259 g/mol. The molecule has 0 aromatic carbocycles. The smallest absolute Gasteiger partial charge is 0.159 e. The highest BCUT2D eigenvalue weighted by Crippen LogP contribution is 2.31. The van der Waals surface area contributed by atoms with Gasteiger partial charge in [-0.25, -0.2) is 4.98 Å². The molecule has 0 spiro atoms. The van der Waals surface area contributed by atoms with Gasteiger partial charge in [-0.1, -0.05) is 0 Å². The van der Waals surface area contributed by atoms with Crippen LogP contribution in [0.1, 0.15) is 5.56 Å². The SMILES string of the molecule is Cc1ccsc1-c1csc(Br)n1. The van der Waals surface area contributed by atoms with E-state index in [2.05, 4.69) is 44.7 Å². The molecule has 2 rings (SSSR count). The summed E-state index contributed by atoms with van der Waals surface area (Å²) in [5.41, 5.74) is 2.39. The van der Waals surface area contributed by atoms with E-state index in [1.807, 2.05) is 0 Å². The zero-order valence-electron chi connectivity index (χ0n) is 6.37. The summed E-state index contributed by atoms with van der Waals surface area (Å²) in [7, 11) is 0. The minimum absolute atomic E-state index is 0.949. The molecule has 62 valence electrons. The summed E-state index contributed by atoms with van der Waals surface area (Å²) in [4.78, 5) is 5.63. The van der Waals surface area contributed by atoms with Gasteiger partial charge < -0.3 is 0 Å². The van der Waals surface area contributed by atoms with Gasteiger partial charge in [-0.3, -0.25) is 0 Å². The van der Waals surface area contributed by atoms with E-state index in [-0.39, 0.29) is 0 Å². The molecule has 0 atom stereocenters. The van der Waals surface area contributed by atoms with Crippen LogP contribution in [0, 0.1) is 6.92 Å². The molecule has 2 aromatic rings. The third kappa shape index (κ3) is 1.46. The van der Waals surface area contributed by atoms with Gasteiger partial charge in [0.25, 0.3) is 0 Å². The van der Waals surface area contributed by atoms with E-state index in [1.54, 1.807) is 22.7 Å². The van der Waals surface area contributed by atoms with E-state index in [0.717, 1.165) is 9.61 Å². The summed E-state index contributed by atoms with van der Waals surface area (Å²) in [5, 5.41) is 4.17. The molecule has 1 nitrogen and oxygen atoms in total. The molecule has 0 saturated carbocycles. The number of aryl methyl sites for hydroxylation is 1. The summed E-state index contributed by atoms with van der Waals surface area (Å²) < 4.78 is 0.949. The molecule has 0 bridgehead atoms. The number of thiazole rings is 1. The van der Waals surface area contributed by atoms with Crippen LogP contribution in [0.25, 0.3) is 10.6 Å². The quantitative estimate of drug-likeness (QED) is 0.756. The first-order valence-electron chi connectivity index (χ1n) is 3.43. The van der Waals surface area contributed by atoms with Gasteiger partial charge in [0.2, 0.25) is 0 Å². The highest BCUT2D eigenvalue weighted by molar-refractivity contribution is 9.11. The second-order valence-corrected chi connectivity index (χ2v) is 5.47. The lowest BCUT2D eigenvalue weighted by molar-refractivity contribution is 1.37. The number of halogens is 1. The lowest BCUT2D eigenvalue weighted by Crippen LogP contribution is -1.73. The van der Waals surface area contributed by atoms with Crippen LogP contribution in [0.2, 0.25) is 0 Å². The average molecular weight is 260 g/mol. The Labute approximate surface area is 87.2 Å². The Balaban J connectivity index is 2.50. The summed E-state index contributed by atoms with van der Waals surface area (Å²) >= 11 is 6.72. The van der Waals surface area contributed by atoms with E-state index >= 15 is 0 Å². The van der Waals surface area contributed by atoms with Gasteiger partial charge in [-0.2, -0.15) is 0 Å². The molecule has 12 heavy (non-hydrogen) atoms. The predicted octanol–water partition coefficient (Wildman–Crippen LogP) is 3.94. The molecular formula is C8H6BrNS2. The van der Waals surface area contributed by atoms with Crippen molar-refractivity contribution in [1.29, 1.82) is 0 Å². The molecule has 4 heteroatoms. The minimum Gasteiger partial charge on any atom is -0.228 e. The van der Waals surface area contributed by atoms with Crippen LogP contribution in [0.5, 0.6) is 0 Å². The Kier molecular flexibility index (Phi) is 2.30. The molecular weight excluding hydrogens is 254 g/mol. The van der Waals surface area contributed by atoms with Crippen LogP contribution in [0.15, 0.2) is 20.7 Å². The molecule has 0 amide bonds. The topological polar surface area (TPSA) is 12.9 Å². The fourth-order valence-corrected chi connectivity index (χ4v) is 2.96. The largest absolute Gasteiger partial charge is 0.228 e. The van der Waals surface area contributed by atoms with Gasteiger partial charge in [0.05, 0.1) is 10.6 Å². The van der Waals surface area contributed by atoms with E-state index < -0.39 is 0 Å². The maximum absolute atomic E-state index is 4.36. The van der Waals surface area contributed by atoms with Gasteiger partial charge in [-0.05, 0) is 39.9 Å². The van der Waals surface area contributed by atoms with Crippen molar-refractivity contribution in [2.24, 2.45) is 0 Å². The fourth-order valence-electron chi connectivity index (χ4n) is 0.991. The van der Waals surface area contributed by atoms with Crippen molar-refractivity contribution in [2.75, 3.05) is 0 Å². The van der Waals surface area contributed by atoms with Crippen LogP contribution >= 0.6 is 38.6 Å². The molecule has 0 saturated heterocycles. The van der Waals surface area contributed by atoms with Gasteiger partial charge in [0, 0.05) is 5.38 Å². The average Bonchev–Trinajstić information content (AvgIpc) is 2.58. The van der Waals surface area contributed by atoms with E-state index in [1.165, 1.54) is 10.4 Å². The minimum atomic E-state index is 0.949. The summed E-state index contributed by atoms with van der Waals surface area (Å²) in [6, 6.07) is 2.12. The van der Waals surface area contributed by atoms with Crippen molar-refractivity contribution in [1.82, 2.24) is 4.98 Å². The standard InChI is InChI=1S/C8H6BrNS2/c1-5-2-3-11-7(5)6-4-12-8(9)10-6/h2-4H,1H3. The predicted molar refractivity (Wildman–Crippen MR) is 57.9 cm³/mol. The van der Waals surface area contributed by atoms with Crippen LogP contribution in [-0.2, 0) is 0 Å². The number of thiophene rings is 1. The molecule has 0 radical (unpaired) electrons. The van der Waals surface area contributed by atoms with E-state index in [9.17, 15) is 0 Å². The third-order valence-corrected chi connectivity index (χ3v) is 3.97. The van der Waals surface area contributed by atoms with Crippen molar-refractivity contribution in [3.63, 3.8) is 0 Å². The second-order valence-electron chi connectivity index (χ2n) is 2.42. The highest BCUT2D eigenvalue weighted by atomic mass is 79.9. The summed E-state index contributed by atoms with van der Waals surface area (Å²) in [5.74, 6) is 0. The number of hydrogen-bond donors (Lipinski definition) is 0. The lowest BCUT2D eigenvalue weighted by Gasteiger charge is -1.90. The maximum atomic E-state index is 4.36. The van der Waals surface area contributed by atoms with Gasteiger partial charge >= 0.3 is 0 Å². The zero-order chi connectivity index (χ0) is 8.55. The molecule has 0 aliphatic rings. The van der Waals surface area contributed by atoms with Crippen molar-refractivity contribution >= 4 is 38.6 Å². The Morgan fingerprint density at radius 1 is 1.42 bits per heavy atom. The Morgan fingerprint density at radius 2 is 2.25 bits per heavy atom. The Bertz CT molecular complexity index is 391. The first-order valence-corrected chi connectivity index (χ1v) is 5.98. The maximum Gasteiger partial charge on any atom is 0.159 e. The number of rotatable bonds is 1. The highest BCUT2D eigenvalue weighted by Gasteiger charge is 2.06. The van der Waals surface area contributed by atoms with Gasteiger partial charge in [0.1, 0.15) is 0 Å². The number of nitrogens with zero attached hydrogens (tertiary/aromatic N) is 1. The Morgan fingerprint density at radius 3 is 2.75 bits per heavy atom. The molecule has 2 aromatic heterocycles. The van der Waals surface area contributed by atoms with Crippen LogP contribution in [0.3, 0.4) is 0 Å². The summed E-state index contributed by atoms with van der Waals surface area (Å²) in [6.07, 6.45) is 0. The van der Waals surface area contributed by atoms with Crippen LogP contribution < -0.4 is 0 Å². The molecule has 0 aliphatic carbocycles. The normalized spacial score (nSPS) is 10.5. The Hall–Kier alpha value is -0.190. The second kappa shape index (κ2) is 3.28. The van der Waals surface area contributed by atoms with E-state index in [4.69, 9.17) is 0 Å². The van der Waals surface area contributed by atoms with Crippen molar-refractivity contribution in [3.05, 3.63) is 26.3 Å². The van der Waals surface area contributed by atoms with E-state index in [0.29, 0.717) is 0 Å². The van der Waals surface area contributed by atoms with Gasteiger partial charge in [0.15, 0.2) is 3.92 Å². The lowest BCUT2D eigenvalue weighted by atomic mass is 10.2. The van der Waals surface area contributed by atoms with Crippen molar-refractivity contribution in [3.8, 4) is 10.6 Å². The van der Waals surface area contributed by atoms with Crippen LogP contribution in [0.4, 0.5) is 0 Å². The summed E-state index contributed by atoms with van der Waals surface area (Å²) in [6.45, 7) is 2.11. The number of hydrogen-bond acceptors (Lipinski definition) is 3. The first kappa shape index (κ1) is 8.41.